The molecular formula is C15H19FN2O3. The predicted molar refractivity (Wildman–Crippen MR) is 76.5 cm³/mol. The van der Waals surface area contributed by atoms with Crippen LogP contribution in [0.1, 0.15) is 25.7 Å². The van der Waals surface area contributed by atoms with Gasteiger partial charge in [0, 0.05) is 31.2 Å². The first kappa shape index (κ1) is 15.4. The number of aliphatic carboxylic acids is 1. The lowest BCUT2D eigenvalue weighted by Crippen LogP contribution is -2.32. The summed E-state index contributed by atoms with van der Waals surface area (Å²) in [5, 5.41) is 11.4. The zero-order chi connectivity index (χ0) is 15.2. The fourth-order valence-electron chi connectivity index (χ4n) is 2.19. The fourth-order valence-corrected chi connectivity index (χ4v) is 2.19. The molecule has 0 aromatic heterocycles. The second kappa shape index (κ2) is 7.17. The molecular weight excluding hydrogens is 275 g/mol. The van der Waals surface area contributed by atoms with Crippen LogP contribution in [-0.2, 0) is 9.59 Å². The van der Waals surface area contributed by atoms with Gasteiger partial charge in [-0.05, 0) is 31.0 Å². The van der Waals surface area contributed by atoms with Crippen LogP contribution in [0, 0.1) is 5.82 Å². The number of amides is 1. The van der Waals surface area contributed by atoms with Gasteiger partial charge in [0.1, 0.15) is 5.82 Å². The van der Waals surface area contributed by atoms with E-state index in [4.69, 9.17) is 5.11 Å². The fraction of sp³-hybridized carbons (Fsp3) is 0.467. The first-order chi connectivity index (χ1) is 10.0. The zero-order valence-corrected chi connectivity index (χ0v) is 11.7. The average molecular weight is 294 g/mol. The van der Waals surface area contributed by atoms with Crippen LogP contribution in [0.3, 0.4) is 0 Å². The number of anilines is 1. The number of nitrogens with one attached hydrogen (secondary N) is 1. The molecule has 1 aromatic rings. The Morgan fingerprint density at radius 1 is 1.29 bits per heavy atom. The third kappa shape index (κ3) is 5.51. The van der Waals surface area contributed by atoms with Gasteiger partial charge in [-0.15, -0.1) is 0 Å². The topological polar surface area (TPSA) is 69.6 Å². The molecule has 2 rings (SSSR count). The Labute approximate surface area is 122 Å². The maximum atomic E-state index is 13.0. The molecule has 0 atom stereocenters. The van der Waals surface area contributed by atoms with Crippen LogP contribution in [0.5, 0.6) is 0 Å². The summed E-state index contributed by atoms with van der Waals surface area (Å²) in [7, 11) is 0. The number of nitrogens with zero attached hydrogens (tertiary/aromatic N) is 1. The Hall–Kier alpha value is -1.95. The molecule has 2 N–H and O–H groups in total. The summed E-state index contributed by atoms with van der Waals surface area (Å²) < 4.78 is 13.0. The lowest BCUT2D eigenvalue weighted by atomic mass is 10.2. The van der Waals surface area contributed by atoms with E-state index >= 15 is 0 Å². The van der Waals surface area contributed by atoms with E-state index in [2.05, 4.69) is 5.32 Å². The summed E-state index contributed by atoms with van der Waals surface area (Å²) in [4.78, 5) is 24.5. The number of carboxylic acids is 1. The van der Waals surface area contributed by atoms with Crippen molar-refractivity contribution in [2.24, 2.45) is 0 Å². The molecule has 0 spiro atoms. The highest BCUT2D eigenvalue weighted by Gasteiger charge is 2.29. The number of halogens is 1. The molecule has 0 aliphatic heterocycles. The SMILES string of the molecule is O=C(O)CCN(CCC(=O)Nc1cccc(F)c1)C1CC1. The maximum absolute atomic E-state index is 13.0. The number of carbonyl (C=O) groups excluding carboxylic acids is 1. The van der Waals surface area contributed by atoms with Gasteiger partial charge in [-0.1, -0.05) is 6.07 Å². The molecule has 1 fully saturated rings. The average Bonchev–Trinajstić information content (AvgIpc) is 3.23. The van der Waals surface area contributed by atoms with Crippen LogP contribution in [0.2, 0.25) is 0 Å². The van der Waals surface area contributed by atoms with Gasteiger partial charge in [-0.25, -0.2) is 4.39 Å². The second-order valence-electron chi connectivity index (χ2n) is 5.22. The van der Waals surface area contributed by atoms with Crippen LogP contribution in [0.25, 0.3) is 0 Å². The summed E-state index contributed by atoms with van der Waals surface area (Å²) in [5.41, 5.74) is 0.434. The normalized spacial score (nSPS) is 14.2. The van der Waals surface area contributed by atoms with Gasteiger partial charge in [-0.2, -0.15) is 0 Å². The molecule has 0 heterocycles. The highest BCUT2D eigenvalue weighted by molar-refractivity contribution is 5.90. The van der Waals surface area contributed by atoms with Gasteiger partial charge < -0.3 is 10.4 Å². The smallest absolute Gasteiger partial charge is 0.304 e. The maximum Gasteiger partial charge on any atom is 0.304 e. The van der Waals surface area contributed by atoms with E-state index in [9.17, 15) is 14.0 Å². The van der Waals surface area contributed by atoms with E-state index in [0.29, 0.717) is 24.8 Å². The Morgan fingerprint density at radius 3 is 2.62 bits per heavy atom. The van der Waals surface area contributed by atoms with E-state index in [-0.39, 0.29) is 18.7 Å². The summed E-state index contributed by atoms with van der Waals surface area (Å²) in [6.45, 7) is 0.992. The van der Waals surface area contributed by atoms with Crippen molar-refractivity contribution in [1.29, 1.82) is 0 Å². The van der Waals surface area contributed by atoms with E-state index < -0.39 is 11.8 Å². The number of hydrogen-bond donors (Lipinski definition) is 2. The Morgan fingerprint density at radius 2 is 2.00 bits per heavy atom. The van der Waals surface area contributed by atoms with E-state index in [1.165, 1.54) is 18.2 Å². The van der Waals surface area contributed by atoms with E-state index in [0.717, 1.165) is 12.8 Å². The van der Waals surface area contributed by atoms with Gasteiger partial charge in [0.25, 0.3) is 0 Å². The Balaban J connectivity index is 1.77. The Kier molecular flexibility index (Phi) is 5.27. The number of benzene rings is 1. The molecule has 0 bridgehead atoms. The minimum Gasteiger partial charge on any atom is -0.481 e. The number of carbonyl (C=O) groups is 2. The summed E-state index contributed by atoms with van der Waals surface area (Å²) in [5.74, 6) is -1.42. The first-order valence-electron chi connectivity index (χ1n) is 7.06. The molecule has 1 aliphatic rings. The van der Waals surface area contributed by atoms with Crippen molar-refractivity contribution in [2.75, 3.05) is 18.4 Å². The van der Waals surface area contributed by atoms with Crippen molar-refractivity contribution < 1.29 is 19.1 Å². The molecule has 0 radical (unpaired) electrons. The molecule has 0 saturated heterocycles. The molecule has 6 heteroatoms. The van der Waals surface area contributed by atoms with Crippen molar-refractivity contribution in [3.63, 3.8) is 0 Å². The summed E-state index contributed by atoms with van der Waals surface area (Å²) in [6, 6.07) is 6.15. The predicted octanol–water partition coefficient (Wildman–Crippen LogP) is 2.09. The standard InChI is InChI=1S/C15H19FN2O3/c16-11-2-1-3-12(10-11)17-14(19)6-8-18(13-4-5-13)9-7-15(20)21/h1-3,10,13H,4-9H2,(H,17,19)(H,20,21). The highest BCUT2D eigenvalue weighted by Crippen LogP contribution is 2.27. The van der Waals surface area contributed by atoms with E-state index in [1.54, 1.807) is 6.07 Å². The minimum absolute atomic E-state index is 0.0853. The number of rotatable bonds is 8. The molecule has 21 heavy (non-hydrogen) atoms. The lowest BCUT2D eigenvalue weighted by molar-refractivity contribution is -0.137. The van der Waals surface area contributed by atoms with Crippen molar-refractivity contribution in [3.8, 4) is 0 Å². The quantitative estimate of drug-likeness (QED) is 0.770. The van der Waals surface area contributed by atoms with Crippen LogP contribution < -0.4 is 5.32 Å². The third-order valence-corrected chi connectivity index (χ3v) is 3.41. The van der Waals surface area contributed by atoms with Crippen LogP contribution in [0.15, 0.2) is 24.3 Å². The number of carboxylic acid groups (broad SMARTS) is 1. The lowest BCUT2D eigenvalue weighted by Gasteiger charge is -2.20. The van der Waals surface area contributed by atoms with Gasteiger partial charge in [0.15, 0.2) is 0 Å². The summed E-state index contributed by atoms with van der Waals surface area (Å²) >= 11 is 0. The molecule has 5 nitrogen and oxygen atoms in total. The van der Waals surface area contributed by atoms with Crippen molar-refractivity contribution >= 4 is 17.6 Å². The van der Waals surface area contributed by atoms with Gasteiger partial charge in [-0.3, -0.25) is 14.5 Å². The van der Waals surface area contributed by atoms with Gasteiger partial charge >= 0.3 is 5.97 Å². The molecule has 114 valence electrons. The van der Waals surface area contributed by atoms with Crippen molar-refractivity contribution in [1.82, 2.24) is 4.90 Å². The monoisotopic (exact) mass is 294 g/mol. The zero-order valence-electron chi connectivity index (χ0n) is 11.7. The van der Waals surface area contributed by atoms with Gasteiger partial charge in [0.2, 0.25) is 5.91 Å². The first-order valence-corrected chi connectivity index (χ1v) is 7.06. The van der Waals surface area contributed by atoms with Gasteiger partial charge in [0.05, 0.1) is 6.42 Å². The third-order valence-electron chi connectivity index (χ3n) is 3.41. The molecule has 1 aromatic carbocycles. The van der Waals surface area contributed by atoms with Crippen LogP contribution in [0.4, 0.5) is 10.1 Å². The number of hydrogen-bond acceptors (Lipinski definition) is 3. The summed E-state index contributed by atoms with van der Waals surface area (Å²) in [6.07, 6.45) is 2.48. The second-order valence-corrected chi connectivity index (χ2v) is 5.22. The van der Waals surface area contributed by atoms with E-state index in [1.807, 2.05) is 4.90 Å². The minimum atomic E-state index is -0.829. The molecule has 0 unspecified atom stereocenters. The van der Waals surface area contributed by atoms with Crippen LogP contribution >= 0.6 is 0 Å². The molecule has 1 aliphatic carbocycles. The largest absolute Gasteiger partial charge is 0.481 e. The van der Waals surface area contributed by atoms with Crippen molar-refractivity contribution in [2.45, 2.75) is 31.7 Å². The molecule has 1 saturated carbocycles. The Bertz CT molecular complexity index is 517. The van der Waals surface area contributed by atoms with Crippen LogP contribution in [-0.4, -0.2) is 41.0 Å². The highest BCUT2D eigenvalue weighted by atomic mass is 19.1. The van der Waals surface area contributed by atoms with Crippen molar-refractivity contribution in [3.05, 3.63) is 30.1 Å². The molecule has 1 amide bonds.